The second-order valence-electron chi connectivity index (χ2n) is 5.95. The number of carbonyl (C=O) groups excluding carboxylic acids is 1. The average molecular weight is 300 g/mol. The van der Waals surface area contributed by atoms with Crippen LogP contribution >= 0.6 is 0 Å². The third-order valence-electron chi connectivity index (χ3n) is 4.43. The molecule has 1 aliphatic rings. The Hall–Kier alpha value is -2.30. The van der Waals surface area contributed by atoms with Crippen LogP contribution in [0.2, 0.25) is 0 Å². The van der Waals surface area contributed by atoms with Gasteiger partial charge in [-0.05, 0) is 37.3 Å². The highest BCUT2D eigenvalue weighted by molar-refractivity contribution is 5.84. The Balaban J connectivity index is 1.78. The Bertz CT molecular complexity index is 720. The van der Waals surface area contributed by atoms with Crippen LogP contribution < -0.4 is 0 Å². The van der Waals surface area contributed by atoms with Crippen molar-refractivity contribution in [3.63, 3.8) is 0 Å². The van der Waals surface area contributed by atoms with E-state index >= 15 is 0 Å². The van der Waals surface area contributed by atoms with Crippen molar-refractivity contribution in [2.45, 2.75) is 26.3 Å². The van der Waals surface area contributed by atoms with Gasteiger partial charge in [0.05, 0.1) is 5.92 Å². The van der Waals surface area contributed by atoms with E-state index in [1.165, 1.54) is 0 Å². The van der Waals surface area contributed by atoms with Gasteiger partial charge in [0.2, 0.25) is 5.91 Å². The number of para-hydroxylation sites is 1. The second kappa shape index (κ2) is 5.83. The topological polar surface area (TPSA) is 62.5 Å². The van der Waals surface area contributed by atoms with Gasteiger partial charge >= 0.3 is 5.97 Å². The molecule has 1 aromatic heterocycles. The summed E-state index contributed by atoms with van der Waals surface area (Å²) in [6.45, 7) is 3.24. The zero-order valence-corrected chi connectivity index (χ0v) is 12.7. The van der Waals surface area contributed by atoms with Crippen molar-refractivity contribution in [3.8, 4) is 0 Å². The SMILES string of the molecule is Cc1cc2ccccc2n1CC(=O)N1CCC[C@@H](C(=O)O)C1. The van der Waals surface area contributed by atoms with E-state index < -0.39 is 11.9 Å². The number of hydrogen-bond acceptors (Lipinski definition) is 2. The number of aliphatic carboxylic acids is 1. The molecule has 1 aliphatic heterocycles. The number of carboxylic acids is 1. The lowest BCUT2D eigenvalue weighted by Crippen LogP contribution is -2.43. The molecule has 1 fully saturated rings. The molecule has 0 unspecified atom stereocenters. The van der Waals surface area contributed by atoms with Gasteiger partial charge in [-0.1, -0.05) is 18.2 Å². The summed E-state index contributed by atoms with van der Waals surface area (Å²) in [5, 5.41) is 10.3. The Morgan fingerprint density at radius 2 is 2.09 bits per heavy atom. The van der Waals surface area contributed by atoms with E-state index in [9.17, 15) is 9.59 Å². The van der Waals surface area contributed by atoms with Gasteiger partial charge in [0.15, 0.2) is 0 Å². The fourth-order valence-corrected chi connectivity index (χ4v) is 3.20. The lowest BCUT2D eigenvalue weighted by atomic mass is 9.98. The van der Waals surface area contributed by atoms with E-state index in [1.807, 2.05) is 35.8 Å². The molecule has 3 rings (SSSR count). The van der Waals surface area contributed by atoms with Crippen molar-refractivity contribution < 1.29 is 14.7 Å². The molecule has 0 aliphatic carbocycles. The van der Waals surface area contributed by atoms with E-state index in [1.54, 1.807) is 4.90 Å². The summed E-state index contributed by atoms with van der Waals surface area (Å²) < 4.78 is 2.00. The fraction of sp³-hybridized carbons (Fsp3) is 0.412. The Morgan fingerprint density at radius 3 is 2.86 bits per heavy atom. The monoisotopic (exact) mass is 300 g/mol. The first-order valence-corrected chi connectivity index (χ1v) is 7.61. The molecule has 2 aromatic rings. The van der Waals surface area contributed by atoms with Gasteiger partial charge < -0.3 is 14.6 Å². The number of rotatable bonds is 3. The average Bonchev–Trinajstić information content (AvgIpc) is 2.83. The molecule has 1 N–H and O–H groups in total. The fourth-order valence-electron chi connectivity index (χ4n) is 3.20. The predicted octanol–water partition coefficient (Wildman–Crippen LogP) is 2.27. The molecule has 5 nitrogen and oxygen atoms in total. The molecule has 1 atom stereocenters. The molecule has 0 radical (unpaired) electrons. The number of nitrogens with zero attached hydrogens (tertiary/aromatic N) is 2. The molecular weight excluding hydrogens is 280 g/mol. The number of carboxylic acid groups (broad SMARTS) is 1. The van der Waals surface area contributed by atoms with Crippen molar-refractivity contribution >= 4 is 22.8 Å². The van der Waals surface area contributed by atoms with Gasteiger partial charge in [0.25, 0.3) is 0 Å². The highest BCUT2D eigenvalue weighted by Crippen LogP contribution is 2.21. The van der Waals surface area contributed by atoms with Crippen LogP contribution in [0.5, 0.6) is 0 Å². The van der Waals surface area contributed by atoms with Gasteiger partial charge in [-0.3, -0.25) is 9.59 Å². The number of amides is 1. The number of hydrogen-bond donors (Lipinski definition) is 1. The number of aryl methyl sites for hydroxylation is 1. The minimum atomic E-state index is -0.805. The quantitative estimate of drug-likeness (QED) is 0.946. The second-order valence-corrected chi connectivity index (χ2v) is 5.95. The normalized spacial score (nSPS) is 18.6. The summed E-state index contributed by atoms with van der Waals surface area (Å²) in [7, 11) is 0. The molecule has 0 saturated carbocycles. The zero-order valence-electron chi connectivity index (χ0n) is 12.7. The molecule has 1 amide bonds. The molecule has 116 valence electrons. The van der Waals surface area contributed by atoms with Crippen LogP contribution in [-0.2, 0) is 16.1 Å². The summed E-state index contributed by atoms with van der Waals surface area (Å²) in [5.74, 6) is -1.24. The molecule has 22 heavy (non-hydrogen) atoms. The van der Waals surface area contributed by atoms with Crippen LogP contribution in [0.1, 0.15) is 18.5 Å². The van der Waals surface area contributed by atoms with Gasteiger partial charge in [-0.2, -0.15) is 0 Å². The Labute approximate surface area is 129 Å². The molecular formula is C17H20N2O3. The smallest absolute Gasteiger partial charge is 0.308 e. The number of fused-ring (bicyclic) bond motifs is 1. The number of piperidine rings is 1. The first-order valence-electron chi connectivity index (χ1n) is 7.61. The van der Waals surface area contributed by atoms with Crippen LogP contribution in [0, 0.1) is 12.8 Å². The van der Waals surface area contributed by atoms with Crippen LogP contribution in [0.15, 0.2) is 30.3 Å². The van der Waals surface area contributed by atoms with Gasteiger partial charge in [0.1, 0.15) is 6.54 Å². The molecule has 1 saturated heterocycles. The zero-order chi connectivity index (χ0) is 15.7. The lowest BCUT2D eigenvalue weighted by molar-refractivity contribution is -0.145. The first-order chi connectivity index (χ1) is 10.6. The number of aromatic nitrogens is 1. The summed E-state index contributed by atoms with van der Waals surface area (Å²) in [4.78, 5) is 25.4. The van der Waals surface area contributed by atoms with E-state index in [2.05, 4.69) is 6.07 Å². The Kier molecular flexibility index (Phi) is 3.88. The van der Waals surface area contributed by atoms with E-state index in [-0.39, 0.29) is 12.5 Å². The predicted molar refractivity (Wildman–Crippen MR) is 83.6 cm³/mol. The van der Waals surface area contributed by atoms with Gasteiger partial charge in [-0.25, -0.2) is 0 Å². The lowest BCUT2D eigenvalue weighted by Gasteiger charge is -2.31. The maximum absolute atomic E-state index is 12.5. The molecule has 5 heteroatoms. The van der Waals surface area contributed by atoms with Crippen LogP contribution in [0.4, 0.5) is 0 Å². The first kappa shape index (κ1) is 14.6. The van der Waals surface area contributed by atoms with Crippen molar-refractivity contribution in [1.29, 1.82) is 0 Å². The third kappa shape index (κ3) is 2.71. The van der Waals surface area contributed by atoms with Crippen molar-refractivity contribution in [3.05, 3.63) is 36.0 Å². The standard InChI is InChI=1S/C17H20N2O3/c1-12-9-13-5-2-3-7-15(13)19(12)11-16(20)18-8-4-6-14(10-18)17(21)22/h2-3,5,7,9,14H,4,6,8,10-11H2,1H3,(H,21,22)/t14-/m1/s1. The summed E-state index contributed by atoms with van der Waals surface area (Å²) >= 11 is 0. The number of carbonyl (C=O) groups is 2. The van der Waals surface area contributed by atoms with Crippen LogP contribution in [-0.4, -0.2) is 39.5 Å². The molecule has 0 spiro atoms. The van der Waals surface area contributed by atoms with Crippen molar-refractivity contribution in [2.24, 2.45) is 5.92 Å². The summed E-state index contributed by atoms with van der Waals surface area (Å²) in [6.07, 6.45) is 1.42. The molecule has 0 bridgehead atoms. The van der Waals surface area contributed by atoms with Gasteiger partial charge in [0, 0.05) is 24.3 Å². The van der Waals surface area contributed by atoms with E-state index in [4.69, 9.17) is 5.11 Å². The van der Waals surface area contributed by atoms with Crippen LogP contribution in [0.25, 0.3) is 10.9 Å². The number of likely N-dealkylation sites (tertiary alicyclic amines) is 1. The van der Waals surface area contributed by atoms with Crippen LogP contribution in [0.3, 0.4) is 0 Å². The highest BCUT2D eigenvalue weighted by Gasteiger charge is 2.28. The maximum atomic E-state index is 12.5. The summed E-state index contributed by atoms with van der Waals surface area (Å²) in [6, 6.07) is 10.1. The Morgan fingerprint density at radius 1 is 1.32 bits per heavy atom. The van der Waals surface area contributed by atoms with Gasteiger partial charge in [-0.15, -0.1) is 0 Å². The summed E-state index contributed by atoms with van der Waals surface area (Å²) in [5.41, 5.74) is 2.08. The minimum Gasteiger partial charge on any atom is -0.481 e. The highest BCUT2D eigenvalue weighted by atomic mass is 16.4. The van der Waals surface area contributed by atoms with E-state index in [0.717, 1.165) is 23.0 Å². The maximum Gasteiger partial charge on any atom is 0.308 e. The van der Waals surface area contributed by atoms with E-state index in [0.29, 0.717) is 19.5 Å². The van der Waals surface area contributed by atoms with Crippen molar-refractivity contribution in [1.82, 2.24) is 9.47 Å². The number of benzene rings is 1. The molecule has 2 heterocycles. The van der Waals surface area contributed by atoms with Crippen molar-refractivity contribution in [2.75, 3.05) is 13.1 Å². The minimum absolute atomic E-state index is 0.00426. The molecule has 1 aromatic carbocycles. The largest absolute Gasteiger partial charge is 0.481 e. The third-order valence-corrected chi connectivity index (χ3v) is 4.43.